The van der Waals surface area contributed by atoms with Gasteiger partial charge in [0.15, 0.2) is 0 Å². The van der Waals surface area contributed by atoms with E-state index in [0.717, 1.165) is 6.04 Å². The van der Waals surface area contributed by atoms with Gasteiger partial charge in [-0.1, -0.05) is 19.6 Å². The molecule has 6 heteroatoms. The van der Waals surface area contributed by atoms with Crippen LogP contribution in [0.3, 0.4) is 0 Å². The van der Waals surface area contributed by atoms with Crippen molar-refractivity contribution in [2.75, 3.05) is 13.1 Å². The summed E-state index contributed by atoms with van der Waals surface area (Å²) in [4.78, 5) is 21.4. The van der Waals surface area contributed by atoms with Gasteiger partial charge in [-0.15, -0.1) is 0 Å². The molecule has 2 amide bonds. The molecule has 0 bridgehead atoms. The van der Waals surface area contributed by atoms with Crippen molar-refractivity contribution < 1.29 is 14.7 Å². The molecular formula is C10H22N2O3Si. The molecule has 0 spiro atoms. The molecule has 0 aromatic rings. The molecule has 0 atom stereocenters. The summed E-state index contributed by atoms with van der Waals surface area (Å²) >= 11 is 0. The molecule has 0 rings (SSSR count). The topological polar surface area (TPSA) is 78.4 Å². The lowest BCUT2D eigenvalue weighted by Crippen LogP contribution is -2.38. The lowest BCUT2D eigenvalue weighted by molar-refractivity contribution is -0.137. The minimum Gasteiger partial charge on any atom is -0.481 e. The van der Waals surface area contributed by atoms with Gasteiger partial charge in [0.2, 0.25) is 0 Å². The Morgan fingerprint density at radius 1 is 1.12 bits per heavy atom. The summed E-state index contributed by atoms with van der Waals surface area (Å²) in [6, 6.07) is 0.846. The third-order valence-corrected chi connectivity index (χ3v) is 3.76. The van der Waals surface area contributed by atoms with Crippen LogP contribution in [0.2, 0.25) is 25.7 Å². The monoisotopic (exact) mass is 246 g/mol. The van der Waals surface area contributed by atoms with Crippen LogP contribution in [0.25, 0.3) is 0 Å². The molecule has 0 aliphatic heterocycles. The van der Waals surface area contributed by atoms with Crippen LogP contribution in [0.1, 0.15) is 12.8 Å². The lowest BCUT2D eigenvalue weighted by atomic mass is 10.3. The number of hydrogen-bond acceptors (Lipinski definition) is 2. The van der Waals surface area contributed by atoms with Crippen LogP contribution in [0.4, 0.5) is 4.79 Å². The minimum absolute atomic E-state index is 0.0924. The second-order valence-corrected chi connectivity index (χ2v) is 10.6. The second-order valence-electron chi connectivity index (χ2n) is 4.99. The number of rotatable bonds is 7. The summed E-state index contributed by atoms with van der Waals surface area (Å²) in [5.41, 5.74) is 0. The van der Waals surface area contributed by atoms with E-state index in [4.69, 9.17) is 5.11 Å². The van der Waals surface area contributed by atoms with E-state index in [9.17, 15) is 9.59 Å². The Labute approximate surface area is 97.6 Å². The lowest BCUT2D eigenvalue weighted by Gasteiger charge is -2.15. The van der Waals surface area contributed by atoms with Gasteiger partial charge in [-0.05, 0) is 12.5 Å². The van der Waals surface area contributed by atoms with E-state index in [-0.39, 0.29) is 12.5 Å². The Kier molecular flexibility index (Phi) is 6.79. The number of amides is 2. The first kappa shape index (κ1) is 15.0. The summed E-state index contributed by atoms with van der Waals surface area (Å²) in [5.74, 6) is -0.832. The molecule has 0 heterocycles. The Bertz CT molecular complexity index is 239. The molecule has 94 valence electrons. The molecule has 0 aliphatic rings. The van der Waals surface area contributed by atoms with Gasteiger partial charge in [0.05, 0.1) is 0 Å². The van der Waals surface area contributed by atoms with Crippen molar-refractivity contribution in [3.63, 3.8) is 0 Å². The maximum atomic E-state index is 11.2. The van der Waals surface area contributed by atoms with Crippen molar-refractivity contribution in [3.05, 3.63) is 0 Å². The van der Waals surface area contributed by atoms with Crippen LogP contribution >= 0.6 is 0 Å². The zero-order chi connectivity index (χ0) is 12.6. The predicted molar refractivity (Wildman–Crippen MR) is 66.4 cm³/mol. The first-order chi connectivity index (χ1) is 7.31. The molecule has 0 aromatic carbocycles. The zero-order valence-corrected chi connectivity index (χ0v) is 11.3. The minimum atomic E-state index is -1.10. The van der Waals surface area contributed by atoms with E-state index in [1.807, 2.05) is 0 Å². The average Bonchev–Trinajstić information content (AvgIpc) is 2.10. The Balaban J connectivity index is 3.42. The molecule has 3 N–H and O–H groups in total. The van der Waals surface area contributed by atoms with Crippen molar-refractivity contribution in [2.24, 2.45) is 0 Å². The largest absolute Gasteiger partial charge is 0.481 e. The quantitative estimate of drug-likeness (QED) is 0.470. The third-order valence-electron chi connectivity index (χ3n) is 2.01. The van der Waals surface area contributed by atoms with Gasteiger partial charge < -0.3 is 15.7 Å². The summed E-state index contributed by atoms with van der Waals surface area (Å²) < 4.78 is 0. The molecular weight excluding hydrogens is 224 g/mol. The molecule has 0 aliphatic carbocycles. The molecule has 0 saturated carbocycles. The van der Waals surface area contributed by atoms with E-state index in [2.05, 4.69) is 30.3 Å². The van der Waals surface area contributed by atoms with Gasteiger partial charge in [0.25, 0.3) is 0 Å². The van der Waals surface area contributed by atoms with Crippen molar-refractivity contribution in [1.29, 1.82) is 0 Å². The van der Waals surface area contributed by atoms with E-state index >= 15 is 0 Å². The number of carboxylic acids is 1. The highest BCUT2D eigenvalue weighted by Gasteiger charge is 2.12. The smallest absolute Gasteiger partial charge is 0.314 e. The average molecular weight is 246 g/mol. The van der Waals surface area contributed by atoms with Crippen LogP contribution in [-0.4, -0.2) is 38.3 Å². The van der Waals surface area contributed by atoms with Gasteiger partial charge in [-0.25, -0.2) is 4.79 Å². The molecule has 0 radical (unpaired) electrons. The Morgan fingerprint density at radius 2 is 1.69 bits per heavy atom. The van der Waals surface area contributed by atoms with Crippen molar-refractivity contribution in [3.8, 4) is 0 Å². The van der Waals surface area contributed by atoms with Gasteiger partial charge in [0, 0.05) is 27.6 Å². The maximum Gasteiger partial charge on any atom is 0.314 e. The van der Waals surface area contributed by atoms with Crippen LogP contribution in [0.5, 0.6) is 0 Å². The summed E-state index contributed by atoms with van der Waals surface area (Å²) in [6.07, 6.45) is 0.561. The van der Waals surface area contributed by atoms with Crippen molar-refractivity contribution in [2.45, 2.75) is 38.5 Å². The van der Waals surface area contributed by atoms with Crippen molar-refractivity contribution in [1.82, 2.24) is 10.6 Å². The van der Waals surface area contributed by atoms with Crippen molar-refractivity contribution >= 4 is 20.1 Å². The molecule has 5 nitrogen and oxygen atoms in total. The fourth-order valence-electron chi connectivity index (χ4n) is 1.06. The van der Waals surface area contributed by atoms with Crippen LogP contribution < -0.4 is 10.6 Å². The number of carbonyl (C=O) groups is 2. The second kappa shape index (κ2) is 7.27. The number of urea groups is 1. The molecule has 0 unspecified atom stereocenters. The van der Waals surface area contributed by atoms with Gasteiger partial charge in [-0.3, -0.25) is 4.79 Å². The van der Waals surface area contributed by atoms with Crippen LogP contribution in [-0.2, 0) is 4.79 Å². The maximum absolute atomic E-state index is 11.2. The third kappa shape index (κ3) is 11.0. The summed E-state index contributed by atoms with van der Waals surface area (Å²) in [7, 11) is -1.10. The Morgan fingerprint density at radius 3 is 2.19 bits per heavy atom. The number of carboxylic acid groups (broad SMARTS) is 1. The zero-order valence-electron chi connectivity index (χ0n) is 10.3. The summed E-state index contributed by atoms with van der Waals surface area (Å²) in [5, 5.41) is 13.8. The Hall–Kier alpha value is -1.04. The first-order valence-corrected chi connectivity index (χ1v) is 9.25. The number of nitrogens with one attached hydrogen (secondary N) is 2. The molecule has 0 aromatic heterocycles. The van der Waals surface area contributed by atoms with Gasteiger partial charge >= 0.3 is 12.0 Å². The van der Waals surface area contributed by atoms with Gasteiger partial charge in [-0.2, -0.15) is 0 Å². The normalized spacial score (nSPS) is 10.9. The van der Waals surface area contributed by atoms with Crippen LogP contribution in [0.15, 0.2) is 0 Å². The fraction of sp³-hybridized carbons (Fsp3) is 0.800. The predicted octanol–water partition coefficient (Wildman–Crippen LogP) is 1.49. The number of carbonyl (C=O) groups excluding carboxylic acids is 1. The number of aliphatic carboxylic acids is 1. The van der Waals surface area contributed by atoms with E-state index in [1.54, 1.807) is 0 Å². The number of hydrogen-bond donors (Lipinski definition) is 3. The van der Waals surface area contributed by atoms with Crippen LogP contribution in [0, 0.1) is 0 Å². The molecule has 0 fully saturated rings. The van der Waals surface area contributed by atoms with Gasteiger partial charge in [0.1, 0.15) is 0 Å². The van der Waals surface area contributed by atoms with E-state index < -0.39 is 14.0 Å². The first-order valence-electron chi connectivity index (χ1n) is 5.55. The highest BCUT2D eigenvalue weighted by Crippen LogP contribution is 2.05. The summed E-state index contributed by atoms with van der Waals surface area (Å²) in [6.45, 7) is 7.85. The van der Waals surface area contributed by atoms with E-state index in [0.29, 0.717) is 19.5 Å². The highest BCUT2D eigenvalue weighted by molar-refractivity contribution is 6.76. The SMILES string of the molecule is C[Si](C)(C)CCNC(=O)NCCCC(=O)O. The molecule has 0 saturated heterocycles. The molecule has 16 heavy (non-hydrogen) atoms. The fourth-order valence-corrected chi connectivity index (χ4v) is 1.93. The van der Waals surface area contributed by atoms with E-state index in [1.165, 1.54) is 0 Å². The standard InChI is InChI=1S/C10H22N2O3Si/c1-16(2,3)8-7-12-10(15)11-6-4-5-9(13)14/h4-8H2,1-3H3,(H,13,14)(H2,11,12,15). The highest BCUT2D eigenvalue weighted by atomic mass is 28.3.